The van der Waals surface area contributed by atoms with Gasteiger partial charge in [0.1, 0.15) is 0 Å². The van der Waals surface area contributed by atoms with Gasteiger partial charge in [-0.05, 0) is 37.1 Å². The van der Waals surface area contributed by atoms with E-state index in [1.807, 2.05) is 30.3 Å². The molecule has 24 heavy (non-hydrogen) atoms. The third kappa shape index (κ3) is 5.45. The van der Waals surface area contributed by atoms with Gasteiger partial charge < -0.3 is 5.32 Å². The van der Waals surface area contributed by atoms with Gasteiger partial charge in [0.25, 0.3) is 0 Å². The Hall–Kier alpha value is -2.21. The summed E-state index contributed by atoms with van der Waals surface area (Å²) in [5.41, 5.74) is 0.950. The highest BCUT2D eigenvalue weighted by Crippen LogP contribution is 2.20. The summed E-state index contributed by atoms with van der Waals surface area (Å²) in [6.45, 7) is 1.43. The van der Waals surface area contributed by atoms with Crippen molar-refractivity contribution in [3.8, 4) is 0 Å². The molecule has 1 atom stereocenters. The van der Waals surface area contributed by atoms with Crippen LogP contribution in [0, 0.1) is 11.6 Å². The molecule has 1 amide bonds. The molecule has 1 N–H and O–H groups in total. The lowest BCUT2D eigenvalue weighted by Crippen LogP contribution is -2.42. The Morgan fingerprint density at radius 1 is 1.08 bits per heavy atom. The molecule has 0 fully saturated rings. The smallest absolute Gasteiger partial charge is 0.230 e. The third-order valence-electron chi connectivity index (χ3n) is 3.37. The highest BCUT2D eigenvalue weighted by molar-refractivity contribution is 8.00. The van der Waals surface area contributed by atoms with E-state index in [2.05, 4.69) is 5.32 Å². The summed E-state index contributed by atoms with van der Waals surface area (Å²) >= 11 is 1.08. The van der Waals surface area contributed by atoms with Crippen LogP contribution in [0.25, 0.3) is 0 Å². The Morgan fingerprint density at radius 2 is 1.79 bits per heavy atom. The average Bonchev–Trinajstić information content (AvgIpc) is 2.56. The molecule has 0 saturated heterocycles. The highest BCUT2D eigenvalue weighted by Gasteiger charge is 2.17. The van der Waals surface area contributed by atoms with Crippen LogP contribution in [0.4, 0.5) is 8.78 Å². The van der Waals surface area contributed by atoms with Gasteiger partial charge in [-0.25, -0.2) is 8.78 Å². The van der Waals surface area contributed by atoms with Crippen LogP contribution in [0.3, 0.4) is 0 Å². The summed E-state index contributed by atoms with van der Waals surface area (Å²) in [5, 5.41) is 2.68. The van der Waals surface area contributed by atoms with Gasteiger partial charge in [0.2, 0.25) is 5.91 Å². The van der Waals surface area contributed by atoms with Crippen molar-refractivity contribution in [2.75, 3.05) is 5.75 Å². The van der Waals surface area contributed by atoms with E-state index >= 15 is 0 Å². The van der Waals surface area contributed by atoms with Crippen LogP contribution in [0.2, 0.25) is 0 Å². The summed E-state index contributed by atoms with van der Waals surface area (Å²) < 4.78 is 26.0. The van der Waals surface area contributed by atoms with E-state index in [0.717, 1.165) is 29.5 Å². The van der Waals surface area contributed by atoms with Crippen molar-refractivity contribution in [2.24, 2.45) is 0 Å². The minimum absolute atomic E-state index is 0.0175. The van der Waals surface area contributed by atoms with E-state index in [4.69, 9.17) is 0 Å². The monoisotopic (exact) mass is 349 g/mol. The fourth-order valence-corrected chi connectivity index (χ4v) is 2.83. The first kappa shape index (κ1) is 18.1. The van der Waals surface area contributed by atoms with Gasteiger partial charge in [0.15, 0.2) is 17.4 Å². The molecular formula is C18H17F2NO2S. The Balaban J connectivity index is 1.90. The van der Waals surface area contributed by atoms with E-state index in [9.17, 15) is 18.4 Å². The zero-order valence-electron chi connectivity index (χ0n) is 13.1. The number of hydrogen-bond acceptors (Lipinski definition) is 3. The maximum atomic E-state index is 13.1. The maximum Gasteiger partial charge on any atom is 0.230 e. The van der Waals surface area contributed by atoms with Gasteiger partial charge in [-0.3, -0.25) is 9.59 Å². The lowest BCUT2D eigenvalue weighted by Gasteiger charge is -2.16. The van der Waals surface area contributed by atoms with Crippen molar-refractivity contribution in [3.05, 3.63) is 65.7 Å². The summed E-state index contributed by atoms with van der Waals surface area (Å²) in [7, 11) is 0. The molecular weight excluding hydrogens is 332 g/mol. The van der Waals surface area contributed by atoms with E-state index in [-0.39, 0.29) is 17.4 Å². The topological polar surface area (TPSA) is 46.2 Å². The fraction of sp³-hybridized carbons (Fsp3) is 0.222. The first-order valence-corrected chi connectivity index (χ1v) is 8.36. The quantitative estimate of drug-likeness (QED) is 0.780. The van der Waals surface area contributed by atoms with E-state index in [0.29, 0.717) is 11.3 Å². The molecule has 0 heterocycles. The van der Waals surface area contributed by atoms with Crippen LogP contribution in [-0.4, -0.2) is 23.5 Å². The van der Waals surface area contributed by atoms with Gasteiger partial charge in [-0.1, -0.05) is 30.3 Å². The molecule has 0 radical (unpaired) electrons. The zero-order valence-corrected chi connectivity index (χ0v) is 13.9. The number of amides is 1. The molecule has 126 valence electrons. The van der Waals surface area contributed by atoms with Gasteiger partial charge in [0, 0.05) is 4.90 Å². The van der Waals surface area contributed by atoms with Crippen LogP contribution in [0.15, 0.2) is 53.4 Å². The lowest BCUT2D eigenvalue weighted by atomic mass is 10.0. The minimum atomic E-state index is -0.953. The number of nitrogens with one attached hydrogen (secondary N) is 1. The molecule has 0 aliphatic carbocycles. The molecule has 0 spiro atoms. The largest absolute Gasteiger partial charge is 0.345 e. The van der Waals surface area contributed by atoms with Crippen molar-refractivity contribution in [2.45, 2.75) is 24.3 Å². The Morgan fingerprint density at radius 3 is 2.42 bits per heavy atom. The van der Waals surface area contributed by atoms with Gasteiger partial charge in [-0.15, -0.1) is 11.8 Å². The number of benzene rings is 2. The number of carbonyl (C=O) groups excluding carboxylic acids is 2. The molecule has 0 aliphatic rings. The van der Waals surface area contributed by atoms with Crippen molar-refractivity contribution < 1.29 is 18.4 Å². The molecule has 2 rings (SSSR count). The Bertz CT molecular complexity index is 722. The van der Waals surface area contributed by atoms with Crippen molar-refractivity contribution in [3.63, 3.8) is 0 Å². The van der Waals surface area contributed by atoms with Crippen LogP contribution in [-0.2, 0) is 16.0 Å². The minimum Gasteiger partial charge on any atom is -0.345 e. The Kier molecular flexibility index (Phi) is 6.49. The molecule has 1 unspecified atom stereocenters. The first-order valence-electron chi connectivity index (χ1n) is 7.37. The lowest BCUT2D eigenvalue weighted by molar-refractivity contribution is -0.125. The number of rotatable bonds is 7. The second kappa shape index (κ2) is 8.59. The molecule has 6 heteroatoms. The number of Topliss-reactive ketones (excluding diaryl/α,β-unsaturated/α-hetero) is 1. The molecule has 2 aromatic rings. The maximum absolute atomic E-state index is 13.1. The number of thioether (sulfide) groups is 1. The highest BCUT2D eigenvalue weighted by atomic mass is 32.2. The average molecular weight is 349 g/mol. The number of carbonyl (C=O) groups is 2. The number of halogens is 2. The molecule has 2 aromatic carbocycles. The normalized spacial score (nSPS) is 11.8. The molecule has 0 saturated carbocycles. The second-order valence-corrected chi connectivity index (χ2v) is 6.33. The van der Waals surface area contributed by atoms with E-state index < -0.39 is 17.7 Å². The molecule has 3 nitrogen and oxygen atoms in total. The van der Waals surface area contributed by atoms with Crippen LogP contribution < -0.4 is 5.32 Å². The predicted molar refractivity (Wildman–Crippen MR) is 89.8 cm³/mol. The van der Waals surface area contributed by atoms with Gasteiger partial charge in [-0.2, -0.15) is 0 Å². The summed E-state index contributed by atoms with van der Waals surface area (Å²) in [5.74, 6) is -2.33. The van der Waals surface area contributed by atoms with Crippen LogP contribution in [0.1, 0.15) is 12.5 Å². The molecule has 0 bridgehead atoms. The van der Waals surface area contributed by atoms with Crippen molar-refractivity contribution in [1.29, 1.82) is 0 Å². The summed E-state index contributed by atoms with van der Waals surface area (Å²) in [6.07, 6.45) is 0.414. The third-order valence-corrected chi connectivity index (χ3v) is 4.36. The van der Waals surface area contributed by atoms with E-state index in [1.165, 1.54) is 13.0 Å². The molecule has 0 aromatic heterocycles. The van der Waals surface area contributed by atoms with Gasteiger partial charge >= 0.3 is 0 Å². The standard InChI is InChI=1S/C18H17F2NO2S/c1-12(22)17(9-13-5-3-2-4-6-13)21-18(23)11-24-14-7-8-15(19)16(20)10-14/h2-8,10,17H,9,11H2,1H3,(H,21,23). The molecule has 0 aliphatic heterocycles. The van der Waals surface area contributed by atoms with Crippen LogP contribution in [0.5, 0.6) is 0 Å². The predicted octanol–water partition coefficient (Wildman–Crippen LogP) is 3.37. The SMILES string of the molecule is CC(=O)C(Cc1ccccc1)NC(=O)CSc1ccc(F)c(F)c1. The van der Waals surface area contributed by atoms with Crippen molar-refractivity contribution in [1.82, 2.24) is 5.32 Å². The summed E-state index contributed by atoms with van der Waals surface area (Å²) in [4.78, 5) is 24.2. The van der Waals surface area contributed by atoms with Crippen molar-refractivity contribution >= 4 is 23.5 Å². The first-order chi connectivity index (χ1) is 11.5. The fourth-order valence-electron chi connectivity index (χ4n) is 2.10. The Labute approximate surface area is 143 Å². The number of ketones is 1. The van der Waals surface area contributed by atoms with Gasteiger partial charge in [0.05, 0.1) is 11.8 Å². The second-order valence-electron chi connectivity index (χ2n) is 5.29. The summed E-state index contributed by atoms with van der Waals surface area (Å²) in [6, 6.07) is 12.2. The zero-order chi connectivity index (χ0) is 17.5. The van der Waals surface area contributed by atoms with E-state index in [1.54, 1.807) is 0 Å². The number of hydrogen-bond donors (Lipinski definition) is 1. The van der Waals surface area contributed by atoms with Crippen LogP contribution >= 0.6 is 11.8 Å².